The molecule has 0 radical (unpaired) electrons. The molecule has 1 aromatic rings. The van der Waals surface area contributed by atoms with Crippen LogP contribution in [0.3, 0.4) is 0 Å². The summed E-state index contributed by atoms with van der Waals surface area (Å²) in [6.45, 7) is 0.586. The van der Waals surface area contributed by atoms with Gasteiger partial charge in [0.05, 0.1) is 6.42 Å². The highest BCUT2D eigenvalue weighted by Gasteiger charge is 2.06. The van der Waals surface area contributed by atoms with E-state index in [1.54, 1.807) is 0 Å². The van der Waals surface area contributed by atoms with Gasteiger partial charge in [0.15, 0.2) is 11.6 Å². The van der Waals surface area contributed by atoms with Crippen molar-refractivity contribution in [3.8, 4) is 0 Å². The van der Waals surface area contributed by atoms with Crippen molar-refractivity contribution in [2.24, 2.45) is 0 Å². The van der Waals surface area contributed by atoms with Crippen molar-refractivity contribution in [3.05, 3.63) is 35.4 Å². The van der Waals surface area contributed by atoms with Gasteiger partial charge >= 0.3 is 0 Å². The van der Waals surface area contributed by atoms with Gasteiger partial charge in [0, 0.05) is 11.0 Å². The van der Waals surface area contributed by atoms with Gasteiger partial charge in [-0.2, -0.15) is 0 Å². The maximum absolute atomic E-state index is 12.8. The minimum atomic E-state index is -0.922. The fraction of sp³-hybridized carbons (Fsp3) is 0.300. The Morgan fingerprint density at radius 1 is 1.33 bits per heavy atom. The molecule has 0 fully saturated rings. The van der Waals surface area contributed by atoms with Crippen LogP contribution in [0.5, 0.6) is 0 Å². The highest BCUT2D eigenvalue weighted by atomic mass is 127. The van der Waals surface area contributed by atoms with Crippen LogP contribution in [0.2, 0.25) is 0 Å². The van der Waals surface area contributed by atoms with E-state index < -0.39 is 11.6 Å². The molecule has 0 heterocycles. The predicted octanol–water partition coefficient (Wildman–Crippen LogP) is 2.06. The molecule has 1 N–H and O–H groups in total. The normalized spacial score (nSPS) is 10.1. The number of carbonyl (C=O) groups excluding carboxylic acids is 1. The Morgan fingerprint density at radius 3 is 2.67 bits per heavy atom. The minimum absolute atomic E-state index is 0.0772. The van der Waals surface area contributed by atoms with Crippen molar-refractivity contribution in [1.82, 2.24) is 5.32 Å². The van der Waals surface area contributed by atoms with Gasteiger partial charge < -0.3 is 5.32 Å². The summed E-state index contributed by atoms with van der Waals surface area (Å²) in [5.74, 6) is -2.00. The minimum Gasteiger partial charge on any atom is -0.355 e. The molecule has 0 aliphatic carbocycles. The number of hydrogen-bond donors (Lipinski definition) is 1. The molecule has 1 amide bonds. The molecular formula is C10H10F2INO. The molecule has 0 aliphatic heterocycles. The maximum Gasteiger partial charge on any atom is 0.224 e. The molecule has 2 nitrogen and oxygen atoms in total. The second kappa shape index (κ2) is 5.99. The molecule has 0 unspecified atom stereocenters. The van der Waals surface area contributed by atoms with Gasteiger partial charge in [-0.1, -0.05) is 28.7 Å². The van der Waals surface area contributed by atoms with Gasteiger partial charge in [-0.05, 0) is 17.7 Å². The lowest BCUT2D eigenvalue weighted by atomic mass is 10.1. The van der Waals surface area contributed by atoms with Crippen molar-refractivity contribution in [1.29, 1.82) is 0 Å². The van der Waals surface area contributed by atoms with E-state index in [2.05, 4.69) is 27.9 Å². The lowest BCUT2D eigenvalue weighted by Crippen LogP contribution is -2.26. The molecule has 0 spiro atoms. The van der Waals surface area contributed by atoms with Gasteiger partial charge in [-0.3, -0.25) is 4.79 Å². The molecule has 82 valence electrons. The standard InChI is InChI=1S/C10H10F2INO/c11-8-2-1-7(5-9(8)12)6-10(15)14-4-3-13/h1-2,5H,3-4,6H2,(H,14,15). The summed E-state index contributed by atoms with van der Waals surface area (Å²) < 4.78 is 26.2. The van der Waals surface area contributed by atoms with E-state index >= 15 is 0 Å². The summed E-state index contributed by atoms with van der Waals surface area (Å²) in [6, 6.07) is 3.47. The molecule has 0 bridgehead atoms. The average Bonchev–Trinajstić information content (AvgIpc) is 2.20. The van der Waals surface area contributed by atoms with E-state index in [0.29, 0.717) is 12.1 Å². The van der Waals surface area contributed by atoms with Crippen LogP contribution in [0.1, 0.15) is 5.56 Å². The third-order valence-corrected chi connectivity index (χ3v) is 2.30. The molecule has 0 saturated heterocycles. The second-order valence-corrected chi connectivity index (χ2v) is 4.04. The smallest absolute Gasteiger partial charge is 0.224 e. The zero-order valence-electron chi connectivity index (χ0n) is 7.90. The summed E-state index contributed by atoms with van der Waals surface area (Å²) in [5.41, 5.74) is 0.472. The van der Waals surface area contributed by atoms with Gasteiger partial charge in [0.25, 0.3) is 0 Å². The summed E-state index contributed by atoms with van der Waals surface area (Å²) in [4.78, 5) is 11.2. The first kappa shape index (κ1) is 12.4. The Morgan fingerprint density at radius 2 is 2.07 bits per heavy atom. The monoisotopic (exact) mass is 325 g/mol. The third-order valence-electron chi connectivity index (χ3n) is 1.77. The quantitative estimate of drug-likeness (QED) is 0.666. The van der Waals surface area contributed by atoms with Crippen LogP contribution in [0.15, 0.2) is 18.2 Å². The van der Waals surface area contributed by atoms with Crippen LogP contribution >= 0.6 is 22.6 Å². The van der Waals surface area contributed by atoms with E-state index in [9.17, 15) is 13.6 Å². The van der Waals surface area contributed by atoms with E-state index in [0.717, 1.165) is 16.6 Å². The average molecular weight is 325 g/mol. The van der Waals surface area contributed by atoms with Crippen LogP contribution in [-0.4, -0.2) is 16.9 Å². The predicted molar refractivity (Wildman–Crippen MR) is 62.0 cm³/mol. The Kier molecular flexibility index (Phi) is 4.93. The largest absolute Gasteiger partial charge is 0.355 e. The van der Waals surface area contributed by atoms with Crippen LogP contribution in [0.4, 0.5) is 8.78 Å². The molecule has 5 heteroatoms. The zero-order chi connectivity index (χ0) is 11.3. The molecule has 0 aliphatic rings. The first-order valence-corrected chi connectivity index (χ1v) is 5.92. The first-order chi connectivity index (χ1) is 7.13. The van der Waals surface area contributed by atoms with Crippen LogP contribution < -0.4 is 5.32 Å². The molecule has 0 saturated carbocycles. The van der Waals surface area contributed by atoms with Gasteiger partial charge in [0.1, 0.15) is 0 Å². The van der Waals surface area contributed by atoms with Gasteiger partial charge in [-0.25, -0.2) is 8.78 Å². The Balaban J connectivity index is 2.57. The van der Waals surface area contributed by atoms with E-state index in [4.69, 9.17) is 0 Å². The second-order valence-electron chi connectivity index (χ2n) is 2.96. The third kappa shape index (κ3) is 4.11. The molecule has 0 aromatic heterocycles. The van der Waals surface area contributed by atoms with Gasteiger partial charge in [-0.15, -0.1) is 0 Å². The number of benzene rings is 1. The Labute approximate surface area is 100 Å². The maximum atomic E-state index is 12.8. The molecule has 1 aromatic carbocycles. The van der Waals surface area contributed by atoms with Crippen molar-refractivity contribution in [3.63, 3.8) is 0 Å². The topological polar surface area (TPSA) is 29.1 Å². The fourth-order valence-corrected chi connectivity index (χ4v) is 1.35. The van der Waals surface area contributed by atoms with Crippen LogP contribution in [0, 0.1) is 11.6 Å². The number of hydrogen-bond acceptors (Lipinski definition) is 1. The highest BCUT2D eigenvalue weighted by molar-refractivity contribution is 14.1. The summed E-state index contributed by atoms with van der Waals surface area (Å²) in [7, 11) is 0. The number of halogens is 3. The fourth-order valence-electron chi connectivity index (χ4n) is 1.08. The number of amides is 1. The van der Waals surface area contributed by atoms with E-state index in [1.807, 2.05) is 0 Å². The van der Waals surface area contributed by atoms with Crippen molar-refractivity contribution < 1.29 is 13.6 Å². The number of alkyl halides is 1. The van der Waals surface area contributed by atoms with E-state index in [1.165, 1.54) is 6.07 Å². The molecule has 0 atom stereocenters. The van der Waals surface area contributed by atoms with E-state index in [-0.39, 0.29) is 12.3 Å². The summed E-state index contributed by atoms with van der Waals surface area (Å²) >= 11 is 2.14. The van der Waals surface area contributed by atoms with Crippen molar-refractivity contribution in [2.75, 3.05) is 11.0 Å². The lowest BCUT2D eigenvalue weighted by molar-refractivity contribution is -0.120. The Bertz CT molecular complexity index is 357. The molecule has 1 rings (SSSR count). The number of carbonyl (C=O) groups is 1. The van der Waals surface area contributed by atoms with Gasteiger partial charge in [0.2, 0.25) is 5.91 Å². The highest BCUT2D eigenvalue weighted by Crippen LogP contribution is 2.08. The Hall–Kier alpha value is -0.720. The van der Waals surface area contributed by atoms with Crippen molar-refractivity contribution in [2.45, 2.75) is 6.42 Å². The summed E-state index contributed by atoms with van der Waals surface area (Å²) in [5, 5.41) is 2.65. The lowest BCUT2D eigenvalue weighted by Gasteiger charge is -2.03. The summed E-state index contributed by atoms with van der Waals surface area (Å²) in [6.07, 6.45) is 0.0772. The molecular weight excluding hydrogens is 315 g/mol. The number of rotatable bonds is 4. The zero-order valence-corrected chi connectivity index (χ0v) is 10.1. The molecule has 15 heavy (non-hydrogen) atoms. The first-order valence-electron chi connectivity index (χ1n) is 4.40. The SMILES string of the molecule is O=C(Cc1ccc(F)c(F)c1)NCCI. The number of nitrogens with one attached hydrogen (secondary N) is 1. The van der Waals surface area contributed by atoms with Crippen LogP contribution in [-0.2, 0) is 11.2 Å². The van der Waals surface area contributed by atoms with Crippen molar-refractivity contribution >= 4 is 28.5 Å². The van der Waals surface area contributed by atoms with Crippen LogP contribution in [0.25, 0.3) is 0 Å².